The molecular formula is C18H18FNO4. The third-order valence-corrected chi connectivity index (χ3v) is 3.36. The van der Waals surface area contributed by atoms with Gasteiger partial charge >= 0.3 is 5.97 Å². The van der Waals surface area contributed by atoms with Crippen LogP contribution < -0.4 is 10.1 Å². The molecule has 0 radical (unpaired) electrons. The molecular weight excluding hydrogens is 313 g/mol. The molecule has 2 rings (SSSR count). The summed E-state index contributed by atoms with van der Waals surface area (Å²) in [6.07, 6.45) is -1.10. The Morgan fingerprint density at radius 1 is 1.17 bits per heavy atom. The summed E-state index contributed by atoms with van der Waals surface area (Å²) < 4.78 is 23.8. The fourth-order valence-corrected chi connectivity index (χ4v) is 2.06. The number of rotatable bonds is 5. The van der Waals surface area contributed by atoms with Gasteiger partial charge in [-0.3, -0.25) is 4.79 Å². The van der Waals surface area contributed by atoms with Gasteiger partial charge in [0.25, 0.3) is 5.91 Å². The van der Waals surface area contributed by atoms with Crippen molar-refractivity contribution in [1.29, 1.82) is 0 Å². The maximum atomic E-state index is 13.6. The van der Waals surface area contributed by atoms with E-state index in [0.29, 0.717) is 11.4 Å². The predicted molar refractivity (Wildman–Crippen MR) is 87.6 cm³/mol. The maximum Gasteiger partial charge on any atom is 0.341 e. The summed E-state index contributed by atoms with van der Waals surface area (Å²) in [5.41, 5.74) is 1.18. The van der Waals surface area contributed by atoms with E-state index in [-0.39, 0.29) is 5.56 Å². The van der Waals surface area contributed by atoms with Gasteiger partial charge in [0.15, 0.2) is 6.10 Å². The molecule has 0 aliphatic heterocycles. The van der Waals surface area contributed by atoms with Gasteiger partial charge in [-0.1, -0.05) is 18.2 Å². The Labute approximate surface area is 139 Å². The van der Waals surface area contributed by atoms with E-state index in [1.807, 2.05) is 13.0 Å². The van der Waals surface area contributed by atoms with Crippen LogP contribution in [-0.4, -0.2) is 25.1 Å². The molecule has 0 saturated carbocycles. The first-order chi connectivity index (χ1) is 11.4. The van der Waals surface area contributed by atoms with Gasteiger partial charge in [0, 0.05) is 0 Å². The van der Waals surface area contributed by atoms with Gasteiger partial charge in [-0.05, 0) is 43.7 Å². The van der Waals surface area contributed by atoms with Gasteiger partial charge < -0.3 is 14.8 Å². The van der Waals surface area contributed by atoms with E-state index in [2.05, 4.69) is 5.32 Å². The highest BCUT2D eigenvalue weighted by Crippen LogP contribution is 2.25. The minimum absolute atomic E-state index is 0.217. The Morgan fingerprint density at radius 3 is 2.54 bits per heavy atom. The number of aryl methyl sites for hydroxylation is 1. The van der Waals surface area contributed by atoms with Crippen molar-refractivity contribution < 1.29 is 23.5 Å². The highest BCUT2D eigenvalue weighted by Gasteiger charge is 2.21. The molecule has 0 unspecified atom stereocenters. The van der Waals surface area contributed by atoms with Crippen LogP contribution in [-0.2, 0) is 9.53 Å². The van der Waals surface area contributed by atoms with Crippen molar-refractivity contribution in [2.75, 3.05) is 12.4 Å². The van der Waals surface area contributed by atoms with E-state index >= 15 is 0 Å². The third kappa shape index (κ3) is 4.10. The van der Waals surface area contributed by atoms with Gasteiger partial charge in [-0.25, -0.2) is 9.18 Å². The lowest BCUT2D eigenvalue weighted by atomic mass is 10.2. The van der Waals surface area contributed by atoms with Crippen LogP contribution in [0.5, 0.6) is 5.75 Å². The van der Waals surface area contributed by atoms with Gasteiger partial charge in [-0.15, -0.1) is 0 Å². The highest BCUT2D eigenvalue weighted by atomic mass is 19.1. The van der Waals surface area contributed by atoms with Gasteiger partial charge in [0.1, 0.15) is 11.6 Å². The van der Waals surface area contributed by atoms with Crippen LogP contribution in [0.3, 0.4) is 0 Å². The molecule has 126 valence electrons. The molecule has 2 aromatic rings. The number of carbonyl (C=O) groups is 2. The van der Waals surface area contributed by atoms with E-state index < -0.39 is 23.8 Å². The SMILES string of the molecule is COc1ccc(C)cc1NC(=O)[C@H](C)OC(=O)c1ccccc1F. The second-order valence-electron chi connectivity index (χ2n) is 5.22. The molecule has 0 fully saturated rings. The van der Waals surface area contributed by atoms with Crippen molar-refractivity contribution in [1.82, 2.24) is 0 Å². The minimum atomic E-state index is -1.10. The van der Waals surface area contributed by atoms with Crippen LogP contribution in [0, 0.1) is 12.7 Å². The van der Waals surface area contributed by atoms with Gasteiger partial charge in [0.05, 0.1) is 18.4 Å². The van der Waals surface area contributed by atoms with E-state index in [4.69, 9.17) is 9.47 Å². The van der Waals surface area contributed by atoms with E-state index in [0.717, 1.165) is 11.6 Å². The topological polar surface area (TPSA) is 64.6 Å². The molecule has 0 spiro atoms. The Morgan fingerprint density at radius 2 is 1.88 bits per heavy atom. The first-order valence-electron chi connectivity index (χ1n) is 7.33. The second kappa shape index (κ2) is 7.59. The average Bonchev–Trinajstić information content (AvgIpc) is 2.55. The Bertz CT molecular complexity index is 760. The summed E-state index contributed by atoms with van der Waals surface area (Å²) in [7, 11) is 1.49. The van der Waals surface area contributed by atoms with Crippen LogP contribution in [0.1, 0.15) is 22.8 Å². The van der Waals surface area contributed by atoms with E-state index in [9.17, 15) is 14.0 Å². The lowest BCUT2D eigenvalue weighted by Crippen LogP contribution is -2.30. The van der Waals surface area contributed by atoms with Crippen LogP contribution in [0.2, 0.25) is 0 Å². The molecule has 2 aromatic carbocycles. The molecule has 1 atom stereocenters. The standard InChI is InChI=1S/C18H18FNO4/c1-11-8-9-16(23-3)15(10-11)20-17(21)12(2)24-18(22)13-6-4-5-7-14(13)19/h4-10,12H,1-3H3,(H,20,21)/t12-/m0/s1. The fraction of sp³-hybridized carbons (Fsp3) is 0.222. The predicted octanol–water partition coefficient (Wildman–Crippen LogP) is 3.33. The summed E-state index contributed by atoms with van der Waals surface area (Å²) in [6, 6.07) is 10.7. The molecule has 5 nitrogen and oxygen atoms in total. The average molecular weight is 331 g/mol. The van der Waals surface area contributed by atoms with Crippen LogP contribution >= 0.6 is 0 Å². The molecule has 24 heavy (non-hydrogen) atoms. The number of benzene rings is 2. The van der Waals surface area contributed by atoms with Crippen LogP contribution in [0.4, 0.5) is 10.1 Å². The molecule has 0 aliphatic rings. The highest BCUT2D eigenvalue weighted by molar-refractivity contribution is 5.98. The number of esters is 1. The van der Waals surface area contributed by atoms with Crippen LogP contribution in [0.15, 0.2) is 42.5 Å². The molecule has 0 bridgehead atoms. The van der Waals surface area contributed by atoms with Gasteiger partial charge in [0.2, 0.25) is 0 Å². The molecule has 1 N–H and O–H groups in total. The van der Waals surface area contributed by atoms with Crippen molar-refractivity contribution in [3.63, 3.8) is 0 Å². The number of halogens is 1. The molecule has 0 aromatic heterocycles. The lowest BCUT2D eigenvalue weighted by molar-refractivity contribution is -0.123. The number of hydrogen-bond donors (Lipinski definition) is 1. The maximum absolute atomic E-state index is 13.6. The summed E-state index contributed by atoms with van der Waals surface area (Å²) >= 11 is 0. The number of methoxy groups -OCH3 is 1. The number of anilines is 1. The molecule has 0 aliphatic carbocycles. The first kappa shape index (κ1) is 17.5. The molecule has 6 heteroatoms. The number of carbonyl (C=O) groups excluding carboxylic acids is 2. The minimum Gasteiger partial charge on any atom is -0.495 e. The number of amides is 1. The largest absolute Gasteiger partial charge is 0.495 e. The summed E-state index contributed by atoms with van der Waals surface area (Å²) in [6.45, 7) is 3.28. The van der Waals surface area contributed by atoms with Crippen LogP contribution in [0.25, 0.3) is 0 Å². The fourth-order valence-electron chi connectivity index (χ4n) is 2.06. The summed E-state index contributed by atoms with van der Waals surface area (Å²) in [4.78, 5) is 24.1. The number of hydrogen-bond acceptors (Lipinski definition) is 4. The zero-order valence-electron chi connectivity index (χ0n) is 13.6. The second-order valence-corrected chi connectivity index (χ2v) is 5.22. The lowest BCUT2D eigenvalue weighted by Gasteiger charge is -2.15. The Balaban J connectivity index is 2.06. The molecule has 0 heterocycles. The van der Waals surface area contributed by atoms with Crippen molar-refractivity contribution in [2.24, 2.45) is 0 Å². The van der Waals surface area contributed by atoms with Crippen molar-refractivity contribution in [2.45, 2.75) is 20.0 Å². The normalized spacial score (nSPS) is 11.5. The van der Waals surface area contributed by atoms with Crippen molar-refractivity contribution >= 4 is 17.6 Å². The summed E-state index contributed by atoms with van der Waals surface area (Å²) in [5.74, 6) is -1.65. The zero-order chi connectivity index (χ0) is 17.7. The van der Waals surface area contributed by atoms with Crippen molar-refractivity contribution in [3.8, 4) is 5.75 Å². The smallest absolute Gasteiger partial charge is 0.341 e. The number of nitrogens with one attached hydrogen (secondary N) is 1. The summed E-state index contributed by atoms with van der Waals surface area (Å²) in [5, 5.41) is 2.64. The van der Waals surface area contributed by atoms with E-state index in [1.54, 1.807) is 12.1 Å². The van der Waals surface area contributed by atoms with Crippen molar-refractivity contribution in [3.05, 3.63) is 59.4 Å². The monoisotopic (exact) mass is 331 g/mol. The molecule has 0 saturated heterocycles. The quantitative estimate of drug-likeness (QED) is 0.854. The number of ether oxygens (including phenoxy) is 2. The van der Waals surface area contributed by atoms with E-state index in [1.165, 1.54) is 32.2 Å². The Kier molecular flexibility index (Phi) is 5.52. The third-order valence-electron chi connectivity index (χ3n) is 3.36. The van der Waals surface area contributed by atoms with Gasteiger partial charge in [-0.2, -0.15) is 0 Å². The molecule has 1 amide bonds. The first-order valence-corrected chi connectivity index (χ1v) is 7.33. The Hall–Kier alpha value is -2.89. The zero-order valence-corrected chi connectivity index (χ0v) is 13.6.